The zero-order valence-electron chi connectivity index (χ0n) is 14.6. The van der Waals surface area contributed by atoms with Gasteiger partial charge in [0.2, 0.25) is 0 Å². The molecule has 5 heteroatoms. The van der Waals surface area contributed by atoms with Crippen LogP contribution in [0.1, 0.15) is 25.8 Å². The molecule has 1 aliphatic rings. The molecule has 2 aromatic rings. The highest BCUT2D eigenvalue weighted by Gasteiger charge is 2.69. The lowest BCUT2D eigenvalue weighted by Gasteiger charge is -2.20. The highest BCUT2D eigenvalue weighted by Crippen LogP contribution is 2.69. The van der Waals surface area contributed by atoms with E-state index in [1.807, 2.05) is 68.4 Å². The van der Waals surface area contributed by atoms with Crippen LogP contribution in [-0.2, 0) is 11.2 Å². The summed E-state index contributed by atoms with van der Waals surface area (Å²) in [6.45, 7) is 3.85. The van der Waals surface area contributed by atoms with Gasteiger partial charge in [-0.1, -0.05) is 67.4 Å². The molecule has 0 spiro atoms. The molecule has 1 atom stereocenters. The van der Waals surface area contributed by atoms with E-state index < -0.39 is 11.4 Å². The normalized spacial score (nSPS) is 20.3. The lowest BCUT2D eigenvalue weighted by molar-refractivity contribution is -0.143. The van der Waals surface area contributed by atoms with Crippen LogP contribution in [-0.4, -0.2) is 11.1 Å². The molecule has 0 radical (unpaired) electrons. The number of aliphatic carboxylic acids is 1. The van der Waals surface area contributed by atoms with Gasteiger partial charge in [-0.2, -0.15) is 0 Å². The van der Waals surface area contributed by atoms with Crippen molar-refractivity contribution >= 4 is 29.2 Å². The summed E-state index contributed by atoms with van der Waals surface area (Å²) in [5.74, 6) is 0.535. The van der Waals surface area contributed by atoms with E-state index in [0.717, 1.165) is 11.3 Å². The fraction of sp³-hybridized carbons (Fsp3) is 0.286. The SMILES string of the molecule is CC1(C)CC1(C(=O)O)C(Cc1cccc(Oc2ccccc2)c1)=C(Cl)Cl. The Bertz CT molecular complexity index is 855. The number of para-hydroxylation sites is 1. The second kappa shape index (κ2) is 6.98. The van der Waals surface area contributed by atoms with Gasteiger partial charge in [0, 0.05) is 0 Å². The number of carboxylic acid groups (broad SMARTS) is 1. The van der Waals surface area contributed by atoms with E-state index in [-0.39, 0.29) is 9.91 Å². The molecular weight excluding hydrogens is 371 g/mol. The molecule has 2 aromatic carbocycles. The molecule has 3 nitrogen and oxygen atoms in total. The molecule has 26 heavy (non-hydrogen) atoms. The third kappa shape index (κ3) is 3.46. The summed E-state index contributed by atoms with van der Waals surface area (Å²) in [4.78, 5) is 12.0. The summed E-state index contributed by atoms with van der Waals surface area (Å²) in [7, 11) is 0. The Morgan fingerprint density at radius 2 is 1.69 bits per heavy atom. The fourth-order valence-electron chi connectivity index (χ4n) is 3.55. The molecule has 0 amide bonds. The van der Waals surface area contributed by atoms with Crippen LogP contribution in [0.3, 0.4) is 0 Å². The van der Waals surface area contributed by atoms with Gasteiger partial charge in [0.25, 0.3) is 0 Å². The zero-order chi connectivity index (χ0) is 18.9. The summed E-state index contributed by atoms with van der Waals surface area (Å²) in [6.07, 6.45) is 0.887. The molecule has 0 bridgehead atoms. The largest absolute Gasteiger partial charge is 0.481 e. The van der Waals surface area contributed by atoms with E-state index in [4.69, 9.17) is 27.9 Å². The molecule has 1 N–H and O–H groups in total. The molecule has 1 saturated carbocycles. The van der Waals surface area contributed by atoms with Crippen molar-refractivity contribution in [1.29, 1.82) is 0 Å². The minimum Gasteiger partial charge on any atom is -0.481 e. The molecule has 1 unspecified atom stereocenters. The topological polar surface area (TPSA) is 46.5 Å². The zero-order valence-corrected chi connectivity index (χ0v) is 16.1. The number of halogens is 2. The molecular formula is C21H20Cl2O3. The number of hydrogen-bond acceptors (Lipinski definition) is 2. The first-order chi connectivity index (χ1) is 12.3. The van der Waals surface area contributed by atoms with E-state index in [1.54, 1.807) is 0 Å². The average molecular weight is 391 g/mol. The van der Waals surface area contributed by atoms with Crippen LogP contribution in [0.25, 0.3) is 0 Å². The van der Waals surface area contributed by atoms with Gasteiger partial charge in [0.15, 0.2) is 0 Å². The number of ether oxygens (including phenoxy) is 1. The van der Waals surface area contributed by atoms with Gasteiger partial charge in [-0.15, -0.1) is 0 Å². The van der Waals surface area contributed by atoms with E-state index in [0.29, 0.717) is 24.2 Å². The average Bonchev–Trinajstić information content (AvgIpc) is 3.17. The minimum absolute atomic E-state index is 0.0346. The van der Waals surface area contributed by atoms with Crippen molar-refractivity contribution in [2.24, 2.45) is 10.8 Å². The molecule has 1 aliphatic carbocycles. The number of hydrogen-bond donors (Lipinski definition) is 1. The monoisotopic (exact) mass is 390 g/mol. The Morgan fingerprint density at radius 3 is 2.23 bits per heavy atom. The molecule has 0 aromatic heterocycles. The third-order valence-corrected chi connectivity index (χ3v) is 5.56. The lowest BCUT2D eigenvalue weighted by atomic mass is 9.85. The number of carboxylic acids is 1. The number of carbonyl (C=O) groups is 1. The Morgan fingerprint density at radius 1 is 1.08 bits per heavy atom. The van der Waals surface area contributed by atoms with Crippen molar-refractivity contribution in [3.8, 4) is 11.5 Å². The maximum atomic E-state index is 12.0. The van der Waals surface area contributed by atoms with Crippen LogP contribution in [0.4, 0.5) is 0 Å². The van der Waals surface area contributed by atoms with Crippen LogP contribution in [0.5, 0.6) is 11.5 Å². The number of benzene rings is 2. The third-order valence-electron chi connectivity index (χ3n) is 5.10. The highest BCUT2D eigenvalue weighted by atomic mass is 35.5. The van der Waals surface area contributed by atoms with Crippen LogP contribution in [0.2, 0.25) is 0 Å². The van der Waals surface area contributed by atoms with E-state index in [9.17, 15) is 9.90 Å². The van der Waals surface area contributed by atoms with Crippen LogP contribution in [0, 0.1) is 10.8 Å². The van der Waals surface area contributed by atoms with E-state index in [2.05, 4.69) is 0 Å². The van der Waals surface area contributed by atoms with Gasteiger partial charge in [-0.3, -0.25) is 4.79 Å². The molecule has 136 valence electrons. The maximum Gasteiger partial charge on any atom is 0.314 e. The second-order valence-electron chi connectivity index (χ2n) is 7.25. The summed E-state index contributed by atoms with van der Waals surface area (Å²) in [5, 5.41) is 9.81. The van der Waals surface area contributed by atoms with Crippen LogP contribution < -0.4 is 4.74 Å². The van der Waals surface area contributed by atoms with Crippen molar-refractivity contribution in [3.63, 3.8) is 0 Å². The van der Waals surface area contributed by atoms with E-state index in [1.165, 1.54) is 0 Å². The van der Waals surface area contributed by atoms with Crippen molar-refractivity contribution < 1.29 is 14.6 Å². The van der Waals surface area contributed by atoms with Crippen molar-refractivity contribution in [3.05, 3.63) is 70.2 Å². The Balaban J connectivity index is 1.87. The van der Waals surface area contributed by atoms with Crippen LogP contribution >= 0.6 is 23.2 Å². The number of rotatable bonds is 6. The standard InChI is InChI=1S/C21H20Cl2O3/c1-20(2)13-21(20,19(24)25)17(18(22)23)12-14-7-6-10-16(11-14)26-15-8-4-3-5-9-15/h3-11H,12-13H2,1-2H3,(H,24,25). The maximum absolute atomic E-state index is 12.0. The van der Waals surface area contributed by atoms with Crippen molar-refractivity contribution in [2.45, 2.75) is 26.7 Å². The Labute approximate surface area is 163 Å². The minimum atomic E-state index is -1.01. The Hall–Kier alpha value is -1.97. The molecule has 0 aliphatic heterocycles. The first-order valence-electron chi connectivity index (χ1n) is 8.36. The summed E-state index contributed by atoms with van der Waals surface area (Å²) in [6, 6.07) is 17.0. The second-order valence-corrected chi connectivity index (χ2v) is 8.20. The molecule has 0 saturated heterocycles. The first-order valence-corrected chi connectivity index (χ1v) is 9.12. The van der Waals surface area contributed by atoms with Crippen molar-refractivity contribution in [2.75, 3.05) is 0 Å². The quantitative estimate of drug-likeness (QED) is 0.637. The molecule has 1 fully saturated rings. The smallest absolute Gasteiger partial charge is 0.314 e. The van der Waals surface area contributed by atoms with Crippen molar-refractivity contribution in [1.82, 2.24) is 0 Å². The first kappa shape index (κ1) is 18.8. The summed E-state index contributed by atoms with van der Waals surface area (Å²) >= 11 is 12.2. The van der Waals surface area contributed by atoms with Gasteiger partial charge >= 0.3 is 5.97 Å². The van der Waals surface area contributed by atoms with Gasteiger partial charge in [-0.25, -0.2) is 0 Å². The summed E-state index contributed by atoms with van der Waals surface area (Å²) < 4.78 is 5.89. The van der Waals surface area contributed by atoms with Crippen LogP contribution in [0.15, 0.2) is 64.7 Å². The predicted octanol–water partition coefficient (Wildman–Crippen LogP) is 6.21. The Kier molecular flexibility index (Phi) is 5.05. The van der Waals surface area contributed by atoms with Gasteiger partial charge in [0.1, 0.15) is 16.0 Å². The lowest BCUT2D eigenvalue weighted by Crippen LogP contribution is -2.25. The molecule has 0 heterocycles. The van der Waals surface area contributed by atoms with Gasteiger partial charge < -0.3 is 9.84 Å². The van der Waals surface area contributed by atoms with Gasteiger partial charge in [0.05, 0.1) is 5.41 Å². The molecule has 3 rings (SSSR count). The highest BCUT2D eigenvalue weighted by molar-refractivity contribution is 6.56. The summed E-state index contributed by atoms with van der Waals surface area (Å²) in [5.41, 5.74) is 0.0643. The van der Waals surface area contributed by atoms with Gasteiger partial charge in [-0.05, 0) is 53.7 Å². The van der Waals surface area contributed by atoms with E-state index >= 15 is 0 Å². The fourth-order valence-corrected chi connectivity index (χ4v) is 4.01. The predicted molar refractivity (Wildman–Crippen MR) is 104 cm³/mol.